The van der Waals surface area contributed by atoms with Crippen molar-refractivity contribution in [3.63, 3.8) is 0 Å². The van der Waals surface area contributed by atoms with Crippen LogP contribution >= 0.6 is 0 Å². The summed E-state index contributed by atoms with van der Waals surface area (Å²) in [6, 6.07) is 12.4. The number of aliphatic carboxylic acids is 1. The molecule has 0 saturated carbocycles. The Bertz CT molecular complexity index is 607. The Labute approximate surface area is 109 Å². The van der Waals surface area contributed by atoms with Crippen molar-refractivity contribution in [3.05, 3.63) is 59.9 Å². The number of carboxylic acid groups (broad SMARTS) is 1. The van der Waals surface area contributed by atoms with Gasteiger partial charge in [-0.05, 0) is 18.6 Å². The minimum absolute atomic E-state index is 0.211. The number of benzene rings is 2. The van der Waals surface area contributed by atoms with Gasteiger partial charge in [-0.15, -0.1) is 0 Å². The van der Waals surface area contributed by atoms with Crippen molar-refractivity contribution in [3.8, 4) is 11.1 Å². The first-order valence-corrected chi connectivity index (χ1v) is 5.70. The molecule has 0 aliphatic heterocycles. The summed E-state index contributed by atoms with van der Waals surface area (Å²) < 4.78 is 27.9. The monoisotopic (exact) mass is 262 g/mol. The van der Waals surface area contributed by atoms with E-state index in [1.807, 2.05) is 0 Å². The average molecular weight is 262 g/mol. The van der Waals surface area contributed by atoms with Gasteiger partial charge in [0.05, 0.1) is 0 Å². The highest BCUT2D eigenvalue weighted by molar-refractivity contribution is 5.79. The Morgan fingerprint density at radius 2 is 1.79 bits per heavy atom. The van der Waals surface area contributed by atoms with Gasteiger partial charge >= 0.3 is 5.97 Å². The van der Waals surface area contributed by atoms with Gasteiger partial charge in [0.25, 0.3) is 0 Å². The maximum atomic E-state index is 14.0. The van der Waals surface area contributed by atoms with Crippen molar-refractivity contribution in [1.82, 2.24) is 0 Å². The van der Waals surface area contributed by atoms with Gasteiger partial charge in [-0.1, -0.05) is 42.5 Å². The summed E-state index contributed by atoms with van der Waals surface area (Å²) in [7, 11) is 0. The summed E-state index contributed by atoms with van der Waals surface area (Å²) in [6.45, 7) is 0.895. The van der Waals surface area contributed by atoms with Gasteiger partial charge in [-0.3, -0.25) is 0 Å². The highest BCUT2D eigenvalue weighted by Crippen LogP contribution is 2.30. The SMILES string of the molecule is CC(F)(C(=O)O)c1ccc(-c2ccccc2)c(F)c1. The summed E-state index contributed by atoms with van der Waals surface area (Å²) in [5, 5.41) is 8.77. The molecule has 0 radical (unpaired) electrons. The first kappa shape index (κ1) is 13.2. The molecule has 98 valence electrons. The lowest BCUT2D eigenvalue weighted by atomic mass is 9.95. The van der Waals surface area contributed by atoms with E-state index < -0.39 is 17.5 Å². The van der Waals surface area contributed by atoms with Gasteiger partial charge in [-0.25, -0.2) is 13.6 Å². The maximum Gasteiger partial charge on any atom is 0.345 e. The third kappa shape index (κ3) is 2.47. The smallest absolute Gasteiger partial charge is 0.345 e. The Morgan fingerprint density at radius 3 is 2.32 bits per heavy atom. The fourth-order valence-electron chi connectivity index (χ4n) is 1.78. The van der Waals surface area contributed by atoms with Crippen LogP contribution in [-0.4, -0.2) is 11.1 Å². The molecule has 0 bridgehead atoms. The van der Waals surface area contributed by atoms with Crippen LogP contribution in [-0.2, 0) is 10.5 Å². The Hall–Kier alpha value is -2.23. The van der Waals surface area contributed by atoms with Crippen LogP contribution in [0.2, 0.25) is 0 Å². The van der Waals surface area contributed by atoms with Crippen molar-refractivity contribution >= 4 is 5.97 Å². The Morgan fingerprint density at radius 1 is 1.16 bits per heavy atom. The summed E-state index contributed by atoms with van der Waals surface area (Å²) in [6.07, 6.45) is 0. The highest BCUT2D eigenvalue weighted by atomic mass is 19.1. The third-order valence-electron chi connectivity index (χ3n) is 3.00. The molecule has 4 heteroatoms. The third-order valence-corrected chi connectivity index (χ3v) is 3.00. The average Bonchev–Trinajstić information content (AvgIpc) is 2.39. The zero-order valence-corrected chi connectivity index (χ0v) is 10.2. The zero-order valence-electron chi connectivity index (χ0n) is 10.2. The van der Waals surface area contributed by atoms with Crippen molar-refractivity contribution in [2.24, 2.45) is 0 Å². The molecule has 1 unspecified atom stereocenters. The standard InChI is InChI=1S/C15H12F2O2/c1-15(17,14(18)19)11-7-8-12(13(16)9-11)10-5-3-2-4-6-10/h2-9H,1H3,(H,18,19). The summed E-state index contributed by atoms with van der Waals surface area (Å²) in [4.78, 5) is 10.8. The molecule has 0 fully saturated rings. The first-order valence-electron chi connectivity index (χ1n) is 5.70. The molecule has 2 rings (SSSR count). The number of carbonyl (C=O) groups is 1. The lowest BCUT2D eigenvalue weighted by Crippen LogP contribution is -2.27. The van der Waals surface area contributed by atoms with Gasteiger partial charge in [0.1, 0.15) is 5.82 Å². The van der Waals surface area contributed by atoms with E-state index in [-0.39, 0.29) is 5.56 Å². The molecular weight excluding hydrogens is 250 g/mol. The second kappa shape index (κ2) is 4.80. The van der Waals surface area contributed by atoms with Crippen molar-refractivity contribution in [2.75, 3.05) is 0 Å². The van der Waals surface area contributed by atoms with Crippen LogP contribution in [0.5, 0.6) is 0 Å². The van der Waals surface area contributed by atoms with Gasteiger partial charge in [0.2, 0.25) is 5.67 Å². The summed E-state index contributed by atoms with van der Waals surface area (Å²) >= 11 is 0. The largest absolute Gasteiger partial charge is 0.479 e. The molecule has 19 heavy (non-hydrogen) atoms. The molecule has 0 amide bonds. The van der Waals surface area contributed by atoms with E-state index in [2.05, 4.69) is 0 Å². The molecule has 0 heterocycles. The number of hydrogen-bond acceptors (Lipinski definition) is 1. The van der Waals surface area contributed by atoms with Crippen LogP contribution in [0.1, 0.15) is 12.5 Å². The second-order valence-corrected chi connectivity index (χ2v) is 4.37. The van der Waals surface area contributed by atoms with Crippen molar-refractivity contribution in [1.29, 1.82) is 0 Å². The van der Waals surface area contributed by atoms with E-state index in [1.165, 1.54) is 12.1 Å². The first-order chi connectivity index (χ1) is 8.93. The molecule has 0 aromatic heterocycles. The number of halogens is 2. The molecule has 2 nitrogen and oxygen atoms in total. The topological polar surface area (TPSA) is 37.3 Å². The van der Waals surface area contributed by atoms with E-state index >= 15 is 0 Å². The van der Waals surface area contributed by atoms with E-state index in [9.17, 15) is 13.6 Å². The van der Waals surface area contributed by atoms with E-state index in [1.54, 1.807) is 30.3 Å². The zero-order chi connectivity index (χ0) is 14.0. The van der Waals surface area contributed by atoms with Gasteiger partial charge in [-0.2, -0.15) is 0 Å². The fraction of sp³-hybridized carbons (Fsp3) is 0.133. The van der Waals surface area contributed by atoms with E-state index in [0.717, 1.165) is 13.0 Å². The predicted octanol–water partition coefficient (Wildman–Crippen LogP) is 3.76. The minimum atomic E-state index is -2.60. The van der Waals surface area contributed by atoms with Crippen LogP contribution < -0.4 is 0 Å². The summed E-state index contributed by atoms with van der Waals surface area (Å²) in [5.74, 6) is -2.28. The molecule has 0 saturated heterocycles. The van der Waals surface area contributed by atoms with E-state index in [0.29, 0.717) is 11.1 Å². The van der Waals surface area contributed by atoms with Crippen LogP contribution in [0.25, 0.3) is 11.1 Å². The van der Waals surface area contributed by atoms with Crippen LogP contribution in [0, 0.1) is 5.82 Å². The second-order valence-electron chi connectivity index (χ2n) is 4.37. The van der Waals surface area contributed by atoms with E-state index in [4.69, 9.17) is 5.11 Å². The number of rotatable bonds is 3. The normalized spacial score (nSPS) is 13.8. The lowest BCUT2D eigenvalue weighted by Gasteiger charge is -2.16. The number of hydrogen-bond donors (Lipinski definition) is 1. The fourth-order valence-corrected chi connectivity index (χ4v) is 1.78. The Balaban J connectivity index is 2.47. The molecule has 0 spiro atoms. The van der Waals surface area contributed by atoms with Crippen molar-refractivity contribution in [2.45, 2.75) is 12.6 Å². The molecule has 2 aromatic rings. The lowest BCUT2D eigenvalue weighted by molar-refractivity contribution is -0.150. The molecule has 1 N–H and O–H groups in total. The van der Waals surface area contributed by atoms with Gasteiger partial charge in [0, 0.05) is 11.1 Å². The number of alkyl halides is 1. The summed E-state index contributed by atoms with van der Waals surface area (Å²) in [5.41, 5.74) is -1.85. The highest BCUT2D eigenvalue weighted by Gasteiger charge is 2.35. The maximum absolute atomic E-state index is 14.0. The van der Waals surface area contributed by atoms with Crippen molar-refractivity contribution < 1.29 is 18.7 Å². The molecule has 2 aromatic carbocycles. The van der Waals surface area contributed by atoms with Gasteiger partial charge < -0.3 is 5.11 Å². The predicted molar refractivity (Wildman–Crippen MR) is 67.9 cm³/mol. The molecule has 0 aliphatic rings. The quantitative estimate of drug-likeness (QED) is 0.914. The Kier molecular flexibility index (Phi) is 3.34. The number of carboxylic acids is 1. The van der Waals surface area contributed by atoms with Crippen LogP contribution in [0.4, 0.5) is 8.78 Å². The van der Waals surface area contributed by atoms with Gasteiger partial charge in [0.15, 0.2) is 0 Å². The molecular formula is C15H12F2O2. The molecule has 0 aliphatic carbocycles. The molecule has 1 atom stereocenters. The van der Waals surface area contributed by atoms with Crippen LogP contribution in [0.3, 0.4) is 0 Å². The van der Waals surface area contributed by atoms with Crippen LogP contribution in [0.15, 0.2) is 48.5 Å². The minimum Gasteiger partial charge on any atom is -0.479 e.